The molecule has 3 rings (SSSR count). The summed E-state index contributed by atoms with van der Waals surface area (Å²) < 4.78 is 16.6. The molecule has 0 aliphatic rings. The molecule has 0 aliphatic carbocycles. The second kappa shape index (κ2) is 8.10. The predicted octanol–water partition coefficient (Wildman–Crippen LogP) is 5.46. The van der Waals surface area contributed by atoms with Crippen LogP contribution in [0.5, 0.6) is 5.75 Å². The second-order valence-electron chi connectivity index (χ2n) is 6.61. The minimum absolute atomic E-state index is 0.0488. The van der Waals surface area contributed by atoms with Gasteiger partial charge in [-0.2, -0.15) is 0 Å². The van der Waals surface area contributed by atoms with Gasteiger partial charge in [0.2, 0.25) is 0 Å². The predicted molar refractivity (Wildman–Crippen MR) is 107 cm³/mol. The molecule has 0 amide bonds. The Hall–Kier alpha value is -2.39. The van der Waals surface area contributed by atoms with Crippen molar-refractivity contribution in [2.45, 2.75) is 25.7 Å². The third-order valence-electron chi connectivity index (χ3n) is 4.82. The highest BCUT2D eigenvalue weighted by Gasteiger charge is 2.26. The summed E-state index contributed by atoms with van der Waals surface area (Å²) in [4.78, 5) is 18.8. The highest BCUT2D eigenvalue weighted by Crippen LogP contribution is 2.45. The molecule has 27 heavy (non-hydrogen) atoms. The Kier molecular flexibility index (Phi) is 5.81. The number of hydrogen-bond acceptors (Lipinski definition) is 2. The van der Waals surface area contributed by atoms with Gasteiger partial charge >= 0.3 is 7.82 Å². The van der Waals surface area contributed by atoms with Crippen LogP contribution in [0.1, 0.15) is 47.9 Å². The van der Waals surface area contributed by atoms with Gasteiger partial charge in [-0.1, -0.05) is 86.6 Å². The van der Waals surface area contributed by atoms with Crippen LogP contribution in [0, 0.1) is 0 Å². The van der Waals surface area contributed by atoms with Crippen molar-refractivity contribution in [2.24, 2.45) is 0 Å². The Labute approximate surface area is 159 Å². The van der Waals surface area contributed by atoms with Gasteiger partial charge < -0.3 is 4.52 Å². The Morgan fingerprint density at radius 3 is 1.78 bits per heavy atom. The van der Waals surface area contributed by atoms with Gasteiger partial charge in [0.25, 0.3) is 0 Å². The zero-order valence-electron chi connectivity index (χ0n) is 15.3. The van der Waals surface area contributed by atoms with E-state index in [9.17, 15) is 14.4 Å². The molecule has 2 unspecified atom stereocenters. The van der Waals surface area contributed by atoms with Crippen LogP contribution in [0.3, 0.4) is 0 Å². The summed E-state index contributed by atoms with van der Waals surface area (Å²) in [6.45, 7) is 4.12. The van der Waals surface area contributed by atoms with Crippen molar-refractivity contribution < 1.29 is 18.9 Å². The molecule has 2 N–H and O–H groups in total. The lowest BCUT2D eigenvalue weighted by Gasteiger charge is -2.24. The topological polar surface area (TPSA) is 66.8 Å². The number of hydrogen-bond donors (Lipinski definition) is 2. The molecular formula is C22H23O4P. The molecule has 0 radical (unpaired) electrons. The molecule has 0 fully saturated rings. The minimum Gasteiger partial charge on any atom is -0.404 e. The van der Waals surface area contributed by atoms with E-state index in [1.165, 1.54) is 0 Å². The van der Waals surface area contributed by atoms with Gasteiger partial charge in [-0.3, -0.25) is 9.79 Å². The molecule has 0 aliphatic heterocycles. The lowest BCUT2D eigenvalue weighted by molar-refractivity contribution is 0.282. The molecule has 0 aromatic heterocycles. The van der Waals surface area contributed by atoms with Crippen molar-refractivity contribution in [3.05, 3.63) is 101 Å². The van der Waals surface area contributed by atoms with Crippen molar-refractivity contribution in [1.29, 1.82) is 0 Å². The smallest absolute Gasteiger partial charge is 0.404 e. The maximum absolute atomic E-state index is 11.5. The van der Waals surface area contributed by atoms with Crippen molar-refractivity contribution in [3.63, 3.8) is 0 Å². The average molecular weight is 382 g/mol. The molecule has 3 aromatic rings. The van der Waals surface area contributed by atoms with E-state index in [4.69, 9.17) is 4.52 Å². The third kappa shape index (κ3) is 4.67. The summed E-state index contributed by atoms with van der Waals surface area (Å²) in [7, 11) is -4.67. The Morgan fingerprint density at radius 2 is 1.26 bits per heavy atom. The highest BCUT2D eigenvalue weighted by molar-refractivity contribution is 7.46. The van der Waals surface area contributed by atoms with Gasteiger partial charge in [0.1, 0.15) is 5.75 Å². The van der Waals surface area contributed by atoms with E-state index >= 15 is 0 Å². The van der Waals surface area contributed by atoms with Crippen LogP contribution in [-0.4, -0.2) is 9.79 Å². The largest absolute Gasteiger partial charge is 0.524 e. The fourth-order valence-corrected chi connectivity index (χ4v) is 3.85. The molecule has 3 aromatic carbocycles. The van der Waals surface area contributed by atoms with Crippen LogP contribution in [0.15, 0.2) is 78.9 Å². The van der Waals surface area contributed by atoms with Gasteiger partial charge in [0, 0.05) is 17.4 Å². The van der Waals surface area contributed by atoms with Crippen molar-refractivity contribution in [2.75, 3.05) is 0 Å². The standard InChI is InChI=1S/C22H23O4P/c1-16(18-10-5-3-6-11-18)20-14-9-15-21(26-27(23,24)25)22(20)17(2)19-12-7-4-8-13-19/h3-17H,1-2H3,(H2,23,24,25). The number of benzene rings is 3. The zero-order chi connectivity index (χ0) is 19.4. The normalized spacial score (nSPS) is 13.8. The number of phosphoric ester groups is 1. The highest BCUT2D eigenvalue weighted by atomic mass is 31.2. The summed E-state index contributed by atoms with van der Waals surface area (Å²) in [5, 5.41) is 0. The first-order chi connectivity index (χ1) is 12.9. The van der Waals surface area contributed by atoms with Crippen LogP contribution in [0.25, 0.3) is 0 Å². The first kappa shape index (κ1) is 19.4. The molecular weight excluding hydrogens is 359 g/mol. The van der Waals surface area contributed by atoms with Gasteiger partial charge in [-0.05, 0) is 22.8 Å². The van der Waals surface area contributed by atoms with Crippen molar-refractivity contribution >= 4 is 7.82 Å². The summed E-state index contributed by atoms with van der Waals surface area (Å²) >= 11 is 0. The third-order valence-corrected chi connectivity index (χ3v) is 5.25. The summed E-state index contributed by atoms with van der Waals surface area (Å²) in [6.07, 6.45) is 0. The van der Waals surface area contributed by atoms with Gasteiger partial charge in [-0.25, -0.2) is 4.57 Å². The van der Waals surface area contributed by atoms with Gasteiger partial charge in [0.05, 0.1) is 0 Å². The minimum atomic E-state index is -4.67. The Balaban J connectivity index is 2.15. The molecule has 140 valence electrons. The van der Waals surface area contributed by atoms with E-state index in [0.717, 1.165) is 22.3 Å². The summed E-state index contributed by atoms with van der Waals surface area (Å²) in [6, 6.07) is 25.3. The van der Waals surface area contributed by atoms with Gasteiger partial charge in [-0.15, -0.1) is 0 Å². The maximum Gasteiger partial charge on any atom is 0.524 e. The van der Waals surface area contributed by atoms with Crippen LogP contribution in [0.2, 0.25) is 0 Å². The Morgan fingerprint density at radius 1 is 0.741 bits per heavy atom. The fourth-order valence-electron chi connectivity index (χ4n) is 3.44. The summed E-state index contributed by atoms with van der Waals surface area (Å²) in [5.41, 5.74) is 3.97. The van der Waals surface area contributed by atoms with E-state index in [2.05, 4.69) is 19.1 Å². The van der Waals surface area contributed by atoms with Crippen LogP contribution >= 0.6 is 7.82 Å². The van der Waals surface area contributed by atoms with E-state index in [1.807, 2.05) is 61.5 Å². The quantitative estimate of drug-likeness (QED) is 0.556. The molecule has 2 atom stereocenters. The summed E-state index contributed by atoms with van der Waals surface area (Å²) in [5.74, 6) is 0.183. The average Bonchev–Trinajstić information content (AvgIpc) is 2.67. The molecule has 5 heteroatoms. The van der Waals surface area contributed by atoms with E-state index < -0.39 is 7.82 Å². The van der Waals surface area contributed by atoms with Crippen molar-refractivity contribution in [3.8, 4) is 5.75 Å². The van der Waals surface area contributed by atoms with E-state index in [1.54, 1.807) is 12.1 Å². The molecule has 0 spiro atoms. The molecule has 0 saturated heterocycles. The number of rotatable bonds is 6. The monoisotopic (exact) mass is 382 g/mol. The van der Waals surface area contributed by atoms with Crippen LogP contribution in [-0.2, 0) is 4.57 Å². The van der Waals surface area contributed by atoms with Crippen molar-refractivity contribution in [1.82, 2.24) is 0 Å². The second-order valence-corrected chi connectivity index (χ2v) is 7.77. The van der Waals surface area contributed by atoms with Crippen LogP contribution in [0.4, 0.5) is 0 Å². The van der Waals surface area contributed by atoms with Gasteiger partial charge in [0.15, 0.2) is 0 Å². The zero-order valence-corrected chi connectivity index (χ0v) is 16.2. The SMILES string of the molecule is CC(c1ccccc1)c1cccc(OP(=O)(O)O)c1C(C)c1ccccc1. The Bertz CT molecular complexity index is 935. The van der Waals surface area contributed by atoms with E-state index in [0.29, 0.717) is 0 Å². The fraction of sp³-hybridized carbons (Fsp3) is 0.182. The molecule has 4 nitrogen and oxygen atoms in total. The molecule has 0 saturated carbocycles. The first-order valence-corrected chi connectivity index (χ1v) is 10.4. The number of phosphoric acid groups is 1. The van der Waals surface area contributed by atoms with E-state index in [-0.39, 0.29) is 17.6 Å². The lowest BCUT2D eigenvalue weighted by atomic mass is 9.82. The maximum atomic E-state index is 11.5. The lowest BCUT2D eigenvalue weighted by Crippen LogP contribution is -2.08. The molecule has 0 heterocycles. The van der Waals surface area contributed by atoms with Crippen LogP contribution < -0.4 is 4.52 Å². The first-order valence-electron chi connectivity index (χ1n) is 8.84. The molecule has 0 bridgehead atoms.